The molecule has 36 heavy (non-hydrogen) atoms. The molecule has 11 heteroatoms. The minimum absolute atomic E-state index is 0.342. The number of methoxy groups -OCH3 is 3. The number of urea groups is 1. The lowest BCUT2D eigenvalue weighted by Crippen LogP contribution is -2.19. The number of anilines is 2. The Morgan fingerprint density at radius 3 is 2.03 bits per heavy atom. The lowest BCUT2D eigenvalue weighted by atomic mass is 10.2. The van der Waals surface area contributed by atoms with Crippen molar-refractivity contribution < 1.29 is 23.7 Å². The number of nitrogens with zero attached hydrogens (tertiary/aromatic N) is 4. The molecule has 186 valence electrons. The fourth-order valence-electron chi connectivity index (χ4n) is 3.40. The maximum Gasteiger partial charge on any atom is 0.323 e. The van der Waals surface area contributed by atoms with Crippen LogP contribution in [0.1, 0.15) is 11.4 Å². The summed E-state index contributed by atoms with van der Waals surface area (Å²) in [5, 5.41) is 13.8. The standard InChI is InChI=1S/C25H26N6O5/c1-15-16(2)31(14-26-15)22-10-11-23(30-29-22)36-19-8-6-17(7-9-19)27-25(32)28-18-12-20(33-3)24(35-5)21(13-18)34-4/h6-14H,1-5H3,(H2,27,28,32). The Hall–Kier alpha value is -4.80. The average molecular weight is 491 g/mol. The Balaban J connectivity index is 1.37. The first kappa shape index (κ1) is 24.3. The fraction of sp³-hybridized carbons (Fsp3) is 0.200. The number of ether oxygens (including phenoxy) is 4. The van der Waals surface area contributed by atoms with Crippen molar-refractivity contribution in [1.29, 1.82) is 0 Å². The molecule has 2 heterocycles. The first-order valence-corrected chi connectivity index (χ1v) is 10.9. The first-order valence-electron chi connectivity index (χ1n) is 10.9. The molecule has 0 unspecified atom stereocenters. The van der Waals surface area contributed by atoms with Crippen LogP contribution in [-0.4, -0.2) is 47.1 Å². The van der Waals surface area contributed by atoms with Crippen molar-refractivity contribution in [2.75, 3.05) is 32.0 Å². The van der Waals surface area contributed by atoms with E-state index in [1.807, 2.05) is 18.4 Å². The van der Waals surface area contributed by atoms with E-state index in [4.69, 9.17) is 18.9 Å². The molecule has 4 aromatic rings. The molecule has 0 radical (unpaired) electrons. The molecular formula is C25H26N6O5. The summed E-state index contributed by atoms with van der Waals surface area (Å²) < 4.78 is 23.5. The average Bonchev–Trinajstić information content (AvgIpc) is 3.22. The second-order valence-electron chi connectivity index (χ2n) is 7.63. The molecule has 2 aromatic carbocycles. The number of rotatable bonds is 8. The van der Waals surface area contributed by atoms with Gasteiger partial charge in [-0.1, -0.05) is 0 Å². The third-order valence-electron chi connectivity index (χ3n) is 5.38. The molecule has 2 N–H and O–H groups in total. The van der Waals surface area contributed by atoms with Crippen LogP contribution in [0.25, 0.3) is 5.82 Å². The van der Waals surface area contributed by atoms with E-state index in [1.54, 1.807) is 54.9 Å². The van der Waals surface area contributed by atoms with Gasteiger partial charge in [-0.25, -0.2) is 9.78 Å². The van der Waals surface area contributed by atoms with Gasteiger partial charge in [-0.05, 0) is 44.2 Å². The molecule has 4 rings (SSSR count). The van der Waals surface area contributed by atoms with Crippen molar-refractivity contribution >= 4 is 17.4 Å². The summed E-state index contributed by atoms with van der Waals surface area (Å²) in [5.41, 5.74) is 2.98. The largest absolute Gasteiger partial charge is 0.493 e. The van der Waals surface area contributed by atoms with E-state index in [0.29, 0.717) is 46.1 Å². The second kappa shape index (κ2) is 10.6. The molecule has 11 nitrogen and oxygen atoms in total. The zero-order valence-corrected chi connectivity index (χ0v) is 20.5. The number of aromatic nitrogens is 4. The maximum atomic E-state index is 12.5. The summed E-state index contributed by atoms with van der Waals surface area (Å²) in [5.74, 6) is 2.84. The molecule has 0 bridgehead atoms. The summed E-state index contributed by atoms with van der Waals surface area (Å²) in [6.07, 6.45) is 1.71. The Morgan fingerprint density at radius 2 is 1.50 bits per heavy atom. The number of hydrogen-bond donors (Lipinski definition) is 2. The highest BCUT2D eigenvalue weighted by molar-refractivity contribution is 6.00. The predicted octanol–water partition coefficient (Wildman–Crippen LogP) is 4.74. The minimum Gasteiger partial charge on any atom is -0.493 e. The number of imidazole rings is 1. The van der Waals surface area contributed by atoms with E-state index >= 15 is 0 Å². The molecule has 0 aliphatic carbocycles. The molecular weight excluding hydrogens is 464 g/mol. The Labute approximate surface area is 208 Å². The smallest absolute Gasteiger partial charge is 0.323 e. The van der Waals surface area contributed by atoms with Gasteiger partial charge in [0.1, 0.15) is 12.1 Å². The predicted molar refractivity (Wildman–Crippen MR) is 134 cm³/mol. The molecule has 0 atom stereocenters. The number of carbonyl (C=O) groups excluding carboxylic acids is 1. The van der Waals surface area contributed by atoms with E-state index in [9.17, 15) is 4.79 Å². The van der Waals surface area contributed by atoms with Crippen molar-refractivity contribution in [3.63, 3.8) is 0 Å². The Bertz CT molecular complexity index is 1330. The van der Waals surface area contributed by atoms with Gasteiger partial charge in [0.05, 0.1) is 32.7 Å². The topological polar surface area (TPSA) is 122 Å². The van der Waals surface area contributed by atoms with Crippen molar-refractivity contribution in [2.45, 2.75) is 13.8 Å². The van der Waals surface area contributed by atoms with Gasteiger partial charge in [0.15, 0.2) is 17.3 Å². The van der Waals surface area contributed by atoms with Gasteiger partial charge in [-0.2, -0.15) is 0 Å². The SMILES string of the molecule is COc1cc(NC(=O)Nc2ccc(Oc3ccc(-n4cnc(C)c4C)nn3)cc2)cc(OC)c1OC. The minimum atomic E-state index is -0.440. The van der Waals surface area contributed by atoms with Gasteiger partial charge in [0.25, 0.3) is 0 Å². The molecule has 0 spiro atoms. The molecule has 0 aliphatic rings. The van der Waals surface area contributed by atoms with Crippen LogP contribution >= 0.6 is 0 Å². The third-order valence-corrected chi connectivity index (χ3v) is 5.38. The van der Waals surface area contributed by atoms with Crippen molar-refractivity contribution in [1.82, 2.24) is 19.7 Å². The number of amides is 2. The number of aryl methyl sites for hydroxylation is 1. The Kier molecular flexibility index (Phi) is 7.19. The van der Waals surface area contributed by atoms with Crippen LogP contribution in [0.15, 0.2) is 54.9 Å². The van der Waals surface area contributed by atoms with Crippen LogP contribution in [0.3, 0.4) is 0 Å². The zero-order chi connectivity index (χ0) is 25.7. The quantitative estimate of drug-likeness (QED) is 0.363. The third kappa shape index (κ3) is 5.30. The van der Waals surface area contributed by atoms with Crippen molar-refractivity contribution in [3.8, 4) is 34.7 Å². The van der Waals surface area contributed by atoms with Crippen LogP contribution in [0.5, 0.6) is 28.9 Å². The second-order valence-corrected chi connectivity index (χ2v) is 7.63. The van der Waals surface area contributed by atoms with E-state index < -0.39 is 6.03 Å². The van der Waals surface area contributed by atoms with Crippen LogP contribution in [0, 0.1) is 13.8 Å². The molecule has 2 aromatic heterocycles. The normalized spacial score (nSPS) is 10.5. The van der Waals surface area contributed by atoms with E-state index in [-0.39, 0.29) is 0 Å². The van der Waals surface area contributed by atoms with Gasteiger partial charge in [-0.15, -0.1) is 10.2 Å². The van der Waals surface area contributed by atoms with Crippen LogP contribution < -0.4 is 29.6 Å². The molecule has 2 amide bonds. The fourth-order valence-corrected chi connectivity index (χ4v) is 3.40. The van der Waals surface area contributed by atoms with Gasteiger partial charge < -0.3 is 29.6 Å². The number of hydrogen-bond acceptors (Lipinski definition) is 8. The summed E-state index contributed by atoms with van der Waals surface area (Å²) in [7, 11) is 4.52. The number of carbonyl (C=O) groups is 1. The maximum absolute atomic E-state index is 12.5. The lowest BCUT2D eigenvalue weighted by Gasteiger charge is -2.15. The zero-order valence-electron chi connectivity index (χ0n) is 20.5. The van der Waals surface area contributed by atoms with Crippen LogP contribution in [0.4, 0.5) is 16.2 Å². The van der Waals surface area contributed by atoms with E-state index in [0.717, 1.165) is 11.4 Å². The lowest BCUT2D eigenvalue weighted by molar-refractivity contribution is 0.262. The van der Waals surface area contributed by atoms with Crippen LogP contribution in [-0.2, 0) is 0 Å². The van der Waals surface area contributed by atoms with Gasteiger partial charge in [0, 0.05) is 29.6 Å². The highest BCUT2D eigenvalue weighted by atomic mass is 16.5. The molecule has 0 saturated heterocycles. The van der Waals surface area contributed by atoms with Gasteiger partial charge in [-0.3, -0.25) is 4.57 Å². The van der Waals surface area contributed by atoms with Gasteiger partial charge in [0.2, 0.25) is 11.6 Å². The van der Waals surface area contributed by atoms with Gasteiger partial charge >= 0.3 is 6.03 Å². The van der Waals surface area contributed by atoms with E-state index in [2.05, 4.69) is 25.8 Å². The summed E-state index contributed by atoms with van der Waals surface area (Å²) in [6.45, 7) is 3.90. The molecule has 0 aliphatic heterocycles. The summed E-state index contributed by atoms with van der Waals surface area (Å²) in [6, 6.07) is 13.2. The summed E-state index contributed by atoms with van der Waals surface area (Å²) in [4.78, 5) is 16.8. The van der Waals surface area contributed by atoms with Crippen molar-refractivity contribution in [3.05, 3.63) is 66.2 Å². The number of nitrogens with one attached hydrogen (secondary N) is 2. The summed E-state index contributed by atoms with van der Waals surface area (Å²) >= 11 is 0. The highest BCUT2D eigenvalue weighted by Gasteiger charge is 2.15. The highest BCUT2D eigenvalue weighted by Crippen LogP contribution is 2.40. The first-order chi connectivity index (χ1) is 17.4. The monoisotopic (exact) mass is 490 g/mol. The molecule has 0 saturated carbocycles. The Morgan fingerprint density at radius 1 is 0.833 bits per heavy atom. The van der Waals surface area contributed by atoms with Crippen LogP contribution in [0.2, 0.25) is 0 Å². The van der Waals surface area contributed by atoms with E-state index in [1.165, 1.54) is 21.3 Å². The molecule has 0 fully saturated rings. The number of benzene rings is 2. The van der Waals surface area contributed by atoms with Crippen molar-refractivity contribution in [2.24, 2.45) is 0 Å².